The molecular formula is C24H25ClF3N3O. The van der Waals surface area contributed by atoms with Gasteiger partial charge in [-0.3, -0.25) is 9.36 Å². The van der Waals surface area contributed by atoms with Crippen LogP contribution in [0.2, 0.25) is 5.02 Å². The molecule has 1 aliphatic heterocycles. The van der Waals surface area contributed by atoms with Crippen molar-refractivity contribution in [1.29, 1.82) is 0 Å². The molecule has 1 aliphatic rings. The van der Waals surface area contributed by atoms with Crippen LogP contribution in [0.25, 0.3) is 16.7 Å². The summed E-state index contributed by atoms with van der Waals surface area (Å²) >= 11 is 6.01. The van der Waals surface area contributed by atoms with Gasteiger partial charge in [0, 0.05) is 31.6 Å². The molecule has 170 valence electrons. The third-order valence-corrected chi connectivity index (χ3v) is 6.30. The van der Waals surface area contributed by atoms with Gasteiger partial charge in [-0.15, -0.1) is 0 Å². The molecule has 1 aromatic heterocycles. The maximum absolute atomic E-state index is 13.4. The number of carbonyl (C=O) groups excluding carboxylic acids is 1. The molecule has 0 atom stereocenters. The van der Waals surface area contributed by atoms with Crippen molar-refractivity contribution in [2.24, 2.45) is 0 Å². The monoisotopic (exact) mass is 463 g/mol. The van der Waals surface area contributed by atoms with Crippen molar-refractivity contribution in [3.05, 3.63) is 58.4 Å². The Balaban J connectivity index is 1.74. The molecule has 32 heavy (non-hydrogen) atoms. The minimum Gasteiger partial charge on any atom is -0.343 e. The summed E-state index contributed by atoms with van der Waals surface area (Å²) in [5, 5.41) is -0.368. The topological polar surface area (TPSA) is 38.1 Å². The van der Waals surface area contributed by atoms with Crippen molar-refractivity contribution in [2.45, 2.75) is 51.6 Å². The first-order chi connectivity index (χ1) is 15.3. The molecule has 0 bridgehead atoms. The smallest absolute Gasteiger partial charge is 0.343 e. The highest BCUT2D eigenvalue weighted by molar-refractivity contribution is 6.32. The van der Waals surface area contributed by atoms with E-state index >= 15 is 0 Å². The molecule has 1 amide bonds. The predicted octanol–water partition coefficient (Wildman–Crippen LogP) is 6.21. The maximum atomic E-state index is 13.4. The molecule has 0 radical (unpaired) electrons. The van der Waals surface area contributed by atoms with Crippen LogP contribution in [0.1, 0.15) is 49.6 Å². The SMILES string of the molecule is CCc1ccc(-n2c(CCC(=O)N3CCCCC3)nc3cc(C(F)(F)F)c(Cl)cc32)cc1. The first-order valence-corrected chi connectivity index (χ1v) is 11.3. The van der Waals surface area contributed by atoms with E-state index in [1.165, 1.54) is 6.07 Å². The number of imidazole rings is 1. The van der Waals surface area contributed by atoms with Gasteiger partial charge in [0.25, 0.3) is 0 Å². The minimum atomic E-state index is -4.57. The van der Waals surface area contributed by atoms with Crippen LogP contribution >= 0.6 is 11.6 Å². The molecule has 2 aromatic carbocycles. The second-order valence-corrected chi connectivity index (χ2v) is 8.55. The molecule has 1 saturated heterocycles. The standard InChI is InChI=1S/C24H25ClF3N3O/c1-2-16-6-8-17(9-7-16)31-21-15-19(25)18(24(26,27)28)14-20(21)29-22(31)10-11-23(32)30-12-4-3-5-13-30/h6-9,14-15H,2-5,10-13H2,1H3. The summed E-state index contributed by atoms with van der Waals surface area (Å²) in [5.41, 5.74) is 1.72. The van der Waals surface area contributed by atoms with Gasteiger partial charge >= 0.3 is 6.18 Å². The van der Waals surface area contributed by atoms with E-state index in [0.29, 0.717) is 17.8 Å². The summed E-state index contributed by atoms with van der Waals surface area (Å²) in [7, 11) is 0. The van der Waals surface area contributed by atoms with Crippen molar-refractivity contribution in [2.75, 3.05) is 13.1 Å². The van der Waals surface area contributed by atoms with Crippen molar-refractivity contribution in [3.8, 4) is 5.69 Å². The number of carbonyl (C=O) groups is 1. The van der Waals surface area contributed by atoms with Gasteiger partial charge in [0.15, 0.2) is 0 Å². The first-order valence-electron chi connectivity index (χ1n) is 10.9. The third-order valence-electron chi connectivity index (χ3n) is 5.99. The van der Waals surface area contributed by atoms with E-state index in [4.69, 9.17) is 11.6 Å². The summed E-state index contributed by atoms with van der Waals surface area (Å²) in [5.74, 6) is 0.601. The van der Waals surface area contributed by atoms with Gasteiger partial charge in [-0.05, 0) is 55.5 Å². The van der Waals surface area contributed by atoms with Gasteiger partial charge in [-0.1, -0.05) is 30.7 Å². The maximum Gasteiger partial charge on any atom is 0.417 e. The number of likely N-dealkylation sites (tertiary alicyclic amines) is 1. The van der Waals surface area contributed by atoms with Gasteiger partial charge in [-0.2, -0.15) is 13.2 Å². The number of benzene rings is 2. The molecule has 8 heteroatoms. The highest BCUT2D eigenvalue weighted by atomic mass is 35.5. The van der Waals surface area contributed by atoms with Gasteiger partial charge < -0.3 is 4.90 Å². The highest BCUT2D eigenvalue weighted by Gasteiger charge is 2.34. The lowest BCUT2D eigenvalue weighted by Gasteiger charge is -2.26. The minimum absolute atomic E-state index is 0.0543. The Morgan fingerprint density at radius 3 is 2.41 bits per heavy atom. The lowest BCUT2D eigenvalue weighted by atomic mass is 10.1. The molecule has 0 unspecified atom stereocenters. The Labute approximate surface area is 190 Å². The number of piperidine rings is 1. The Bertz CT molecular complexity index is 1120. The highest BCUT2D eigenvalue weighted by Crippen LogP contribution is 2.38. The lowest BCUT2D eigenvalue weighted by molar-refractivity contribution is -0.137. The summed E-state index contributed by atoms with van der Waals surface area (Å²) in [4.78, 5) is 19.0. The Morgan fingerprint density at radius 2 is 1.78 bits per heavy atom. The molecule has 0 spiro atoms. The number of halogens is 4. The second-order valence-electron chi connectivity index (χ2n) is 8.14. The van der Waals surface area contributed by atoms with E-state index < -0.39 is 11.7 Å². The van der Waals surface area contributed by atoms with Crippen LogP contribution in [-0.2, 0) is 23.8 Å². The Hall–Kier alpha value is -2.54. The van der Waals surface area contributed by atoms with Gasteiger partial charge in [-0.25, -0.2) is 4.98 Å². The number of rotatable bonds is 5. The van der Waals surface area contributed by atoms with Crippen molar-refractivity contribution in [3.63, 3.8) is 0 Å². The van der Waals surface area contributed by atoms with E-state index in [0.717, 1.165) is 56.1 Å². The predicted molar refractivity (Wildman–Crippen MR) is 119 cm³/mol. The van der Waals surface area contributed by atoms with Crippen LogP contribution in [0.5, 0.6) is 0 Å². The number of hydrogen-bond acceptors (Lipinski definition) is 2. The largest absolute Gasteiger partial charge is 0.417 e. The Kier molecular flexibility index (Phi) is 6.47. The van der Waals surface area contributed by atoms with Crippen LogP contribution in [0, 0.1) is 0 Å². The molecule has 4 rings (SSSR count). The van der Waals surface area contributed by atoms with E-state index in [1.54, 1.807) is 0 Å². The number of nitrogens with zero attached hydrogens (tertiary/aromatic N) is 3. The molecule has 3 aromatic rings. The molecule has 0 saturated carbocycles. The van der Waals surface area contributed by atoms with Gasteiger partial charge in [0.1, 0.15) is 5.82 Å². The molecule has 0 N–H and O–H groups in total. The van der Waals surface area contributed by atoms with Crippen molar-refractivity contribution < 1.29 is 18.0 Å². The van der Waals surface area contributed by atoms with Crippen LogP contribution in [0.4, 0.5) is 13.2 Å². The van der Waals surface area contributed by atoms with Crippen LogP contribution in [0.15, 0.2) is 36.4 Å². The van der Waals surface area contributed by atoms with Crippen LogP contribution in [-0.4, -0.2) is 33.4 Å². The average Bonchev–Trinajstić information content (AvgIpc) is 3.14. The fraction of sp³-hybridized carbons (Fsp3) is 0.417. The number of hydrogen-bond donors (Lipinski definition) is 0. The quantitative estimate of drug-likeness (QED) is 0.451. The number of aromatic nitrogens is 2. The summed E-state index contributed by atoms with van der Waals surface area (Å²) in [6.45, 7) is 3.58. The zero-order valence-electron chi connectivity index (χ0n) is 17.9. The number of aryl methyl sites for hydroxylation is 2. The van der Waals surface area contributed by atoms with Crippen molar-refractivity contribution in [1.82, 2.24) is 14.5 Å². The van der Waals surface area contributed by atoms with E-state index in [2.05, 4.69) is 11.9 Å². The zero-order valence-corrected chi connectivity index (χ0v) is 18.6. The number of fused-ring (bicyclic) bond motifs is 1. The van der Waals surface area contributed by atoms with E-state index in [-0.39, 0.29) is 22.9 Å². The fourth-order valence-electron chi connectivity index (χ4n) is 4.22. The average molecular weight is 464 g/mol. The van der Waals surface area contributed by atoms with E-state index in [9.17, 15) is 18.0 Å². The summed E-state index contributed by atoms with van der Waals surface area (Å²) in [6, 6.07) is 10.1. The molecular weight excluding hydrogens is 439 g/mol. The molecule has 1 fully saturated rings. The molecule has 2 heterocycles. The number of alkyl halides is 3. The lowest BCUT2D eigenvalue weighted by Crippen LogP contribution is -2.35. The fourth-order valence-corrected chi connectivity index (χ4v) is 4.49. The second kappa shape index (κ2) is 9.14. The Morgan fingerprint density at radius 1 is 1.09 bits per heavy atom. The molecule has 4 nitrogen and oxygen atoms in total. The summed E-state index contributed by atoms with van der Waals surface area (Å²) < 4.78 is 42.0. The van der Waals surface area contributed by atoms with E-state index in [1.807, 2.05) is 33.7 Å². The van der Waals surface area contributed by atoms with Crippen LogP contribution < -0.4 is 0 Å². The van der Waals surface area contributed by atoms with Crippen molar-refractivity contribution >= 4 is 28.5 Å². The first kappa shape index (κ1) is 22.6. The number of amides is 1. The normalized spacial score (nSPS) is 14.8. The zero-order chi connectivity index (χ0) is 22.9. The van der Waals surface area contributed by atoms with Gasteiger partial charge in [0.05, 0.1) is 21.6 Å². The van der Waals surface area contributed by atoms with Crippen LogP contribution in [0.3, 0.4) is 0 Å². The third kappa shape index (κ3) is 4.63. The van der Waals surface area contributed by atoms with Gasteiger partial charge in [0.2, 0.25) is 5.91 Å². The summed E-state index contributed by atoms with van der Waals surface area (Å²) in [6.07, 6.45) is 0.0506. The molecule has 0 aliphatic carbocycles.